The van der Waals surface area contributed by atoms with Crippen LogP contribution in [0, 0.1) is 5.82 Å². The molecule has 24 heavy (non-hydrogen) atoms. The predicted molar refractivity (Wildman–Crippen MR) is 85.9 cm³/mol. The molecule has 1 fully saturated rings. The molecule has 1 N–H and O–H groups in total. The average molecular weight is 327 g/mol. The van der Waals surface area contributed by atoms with Crippen LogP contribution in [0.2, 0.25) is 0 Å². The number of hydrogen-bond donors (Lipinski definition) is 1. The molecule has 0 radical (unpaired) electrons. The highest BCUT2D eigenvalue weighted by Crippen LogP contribution is 2.23. The van der Waals surface area contributed by atoms with Crippen LogP contribution in [0.3, 0.4) is 0 Å². The van der Waals surface area contributed by atoms with Gasteiger partial charge >= 0.3 is 0 Å². The molecule has 0 spiro atoms. The SMILES string of the molecule is Fc1ccc(-c2nc(Cn3cc(C4CCNCC4)nn3)co2)cc1. The van der Waals surface area contributed by atoms with Crippen LogP contribution in [0.1, 0.15) is 30.1 Å². The zero-order chi connectivity index (χ0) is 16.4. The van der Waals surface area contributed by atoms with Gasteiger partial charge in [-0.1, -0.05) is 5.21 Å². The largest absolute Gasteiger partial charge is 0.444 e. The quantitative estimate of drug-likeness (QED) is 0.798. The van der Waals surface area contributed by atoms with Crippen molar-refractivity contribution in [2.24, 2.45) is 0 Å². The van der Waals surface area contributed by atoms with Gasteiger partial charge in [-0.3, -0.25) is 0 Å². The second-order valence-electron chi connectivity index (χ2n) is 6.02. The van der Waals surface area contributed by atoms with Crippen molar-refractivity contribution in [1.82, 2.24) is 25.3 Å². The number of hydrogen-bond acceptors (Lipinski definition) is 5. The predicted octanol–water partition coefficient (Wildman–Crippen LogP) is 2.59. The summed E-state index contributed by atoms with van der Waals surface area (Å²) in [6.07, 6.45) is 5.78. The van der Waals surface area contributed by atoms with Crippen molar-refractivity contribution in [3.63, 3.8) is 0 Å². The fourth-order valence-corrected chi connectivity index (χ4v) is 2.97. The standard InChI is InChI=1S/C17H18FN5O/c18-14-3-1-13(2-4-14)17-20-15(11-24-17)9-23-10-16(21-22-23)12-5-7-19-8-6-12/h1-4,10-12,19H,5-9H2. The second-order valence-corrected chi connectivity index (χ2v) is 6.02. The minimum atomic E-state index is -0.279. The molecule has 1 aliphatic heterocycles. The first kappa shape index (κ1) is 15.0. The maximum absolute atomic E-state index is 13.0. The molecule has 1 aliphatic rings. The Hall–Kier alpha value is -2.54. The molecule has 124 valence electrons. The maximum Gasteiger partial charge on any atom is 0.226 e. The Morgan fingerprint density at radius 3 is 2.79 bits per heavy atom. The van der Waals surface area contributed by atoms with Crippen molar-refractivity contribution in [2.45, 2.75) is 25.3 Å². The van der Waals surface area contributed by atoms with E-state index in [9.17, 15) is 4.39 Å². The first-order chi connectivity index (χ1) is 11.8. The summed E-state index contributed by atoms with van der Waals surface area (Å²) in [5, 5.41) is 11.8. The molecule has 6 nitrogen and oxygen atoms in total. The number of rotatable bonds is 4. The fourth-order valence-electron chi connectivity index (χ4n) is 2.97. The van der Waals surface area contributed by atoms with E-state index >= 15 is 0 Å². The lowest BCUT2D eigenvalue weighted by Crippen LogP contribution is -2.26. The molecule has 0 atom stereocenters. The molecule has 1 aromatic carbocycles. The topological polar surface area (TPSA) is 68.8 Å². The molecule has 0 unspecified atom stereocenters. The Kier molecular flexibility index (Phi) is 4.08. The van der Waals surface area contributed by atoms with Crippen LogP contribution < -0.4 is 5.32 Å². The third-order valence-electron chi connectivity index (χ3n) is 4.28. The van der Waals surface area contributed by atoms with E-state index < -0.39 is 0 Å². The van der Waals surface area contributed by atoms with Crippen LogP contribution in [0.15, 0.2) is 41.1 Å². The number of aromatic nitrogens is 4. The monoisotopic (exact) mass is 327 g/mol. The summed E-state index contributed by atoms with van der Waals surface area (Å²) < 4.78 is 20.2. The van der Waals surface area contributed by atoms with E-state index in [1.807, 2.05) is 6.20 Å². The van der Waals surface area contributed by atoms with Gasteiger partial charge in [-0.25, -0.2) is 14.1 Å². The van der Waals surface area contributed by atoms with Gasteiger partial charge in [0.2, 0.25) is 5.89 Å². The fraction of sp³-hybridized carbons (Fsp3) is 0.353. The highest BCUT2D eigenvalue weighted by atomic mass is 19.1. The third-order valence-corrected chi connectivity index (χ3v) is 4.28. The van der Waals surface area contributed by atoms with Crippen molar-refractivity contribution in [3.8, 4) is 11.5 Å². The first-order valence-electron chi connectivity index (χ1n) is 8.09. The number of piperidine rings is 1. The van der Waals surface area contributed by atoms with Crippen LogP contribution in [0.25, 0.3) is 11.5 Å². The van der Waals surface area contributed by atoms with E-state index in [-0.39, 0.29) is 5.82 Å². The molecular weight excluding hydrogens is 309 g/mol. The van der Waals surface area contributed by atoms with Gasteiger partial charge in [0.25, 0.3) is 0 Å². The summed E-state index contributed by atoms with van der Waals surface area (Å²) >= 11 is 0. The highest BCUT2D eigenvalue weighted by Gasteiger charge is 2.18. The van der Waals surface area contributed by atoms with E-state index in [0.717, 1.165) is 42.9 Å². The maximum atomic E-state index is 13.0. The van der Waals surface area contributed by atoms with E-state index in [0.29, 0.717) is 18.4 Å². The lowest BCUT2D eigenvalue weighted by molar-refractivity contribution is 0.453. The van der Waals surface area contributed by atoms with Crippen LogP contribution in [0.5, 0.6) is 0 Å². The number of benzene rings is 1. The molecule has 0 bridgehead atoms. The van der Waals surface area contributed by atoms with E-state index in [2.05, 4.69) is 20.6 Å². The molecule has 1 saturated heterocycles. The Balaban J connectivity index is 1.46. The molecule has 2 aromatic heterocycles. The summed E-state index contributed by atoms with van der Waals surface area (Å²) in [5.41, 5.74) is 2.55. The minimum absolute atomic E-state index is 0.279. The van der Waals surface area contributed by atoms with Gasteiger partial charge in [-0.2, -0.15) is 0 Å². The van der Waals surface area contributed by atoms with Gasteiger partial charge in [0.1, 0.15) is 17.8 Å². The summed E-state index contributed by atoms with van der Waals surface area (Å²) in [6.45, 7) is 2.56. The molecule has 0 amide bonds. The molecule has 0 saturated carbocycles. The van der Waals surface area contributed by atoms with Gasteiger partial charge in [0.15, 0.2) is 0 Å². The van der Waals surface area contributed by atoms with Gasteiger partial charge in [0, 0.05) is 17.7 Å². The number of halogens is 1. The summed E-state index contributed by atoms with van der Waals surface area (Å²) in [5.74, 6) is 0.675. The molecule has 3 aromatic rings. The summed E-state index contributed by atoms with van der Waals surface area (Å²) in [6, 6.07) is 6.08. The second kappa shape index (κ2) is 6.52. The lowest BCUT2D eigenvalue weighted by atomic mass is 9.95. The van der Waals surface area contributed by atoms with E-state index in [4.69, 9.17) is 4.42 Å². The summed E-state index contributed by atoms with van der Waals surface area (Å²) in [4.78, 5) is 4.44. The number of nitrogens with one attached hydrogen (secondary N) is 1. The Bertz CT molecular complexity index is 805. The number of nitrogens with zero attached hydrogens (tertiary/aromatic N) is 4. The molecule has 7 heteroatoms. The van der Waals surface area contributed by atoms with Crippen LogP contribution in [0.4, 0.5) is 4.39 Å². The van der Waals surface area contributed by atoms with Gasteiger partial charge in [0.05, 0.1) is 12.2 Å². The van der Waals surface area contributed by atoms with Crippen molar-refractivity contribution < 1.29 is 8.81 Å². The third kappa shape index (κ3) is 3.21. The Labute approximate surface area is 138 Å². The van der Waals surface area contributed by atoms with Gasteiger partial charge in [-0.15, -0.1) is 5.10 Å². The normalized spacial score (nSPS) is 15.7. The average Bonchev–Trinajstić information content (AvgIpc) is 3.27. The van der Waals surface area contributed by atoms with Crippen LogP contribution >= 0.6 is 0 Å². The zero-order valence-electron chi connectivity index (χ0n) is 13.2. The molecule has 3 heterocycles. The minimum Gasteiger partial charge on any atom is -0.444 e. The molecule has 0 aliphatic carbocycles. The smallest absolute Gasteiger partial charge is 0.226 e. The highest BCUT2D eigenvalue weighted by molar-refractivity contribution is 5.52. The lowest BCUT2D eigenvalue weighted by Gasteiger charge is -2.19. The Morgan fingerprint density at radius 2 is 2.00 bits per heavy atom. The van der Waals surface area contributed by atoms with Crippen LogP contribution in [-0.2, 0) is 6.54 Å². The Morgan fingerprint density at radius 1 is 1.21 bits per heavy atom. The van der Waals surface area contributed by atoms with E-state index in [1.165, 1.54) is 12.1 Å². The van der Waals surface area contributed by atoms with Crippen molar-refractivity contribution in [2.75, 3.05) is 13.1 Å². The number of oxazole rings is 1. The van der Waals surface area contributed by atoms with Crippen molar-refractivity contribution in [1.29, 1.82) is 0 Å². The van der Waals surface area contributed by atoms with Crippen LogP contribution in [-0.4, -0.2) is 33.1 Å². The molecular formula is C17H18FN5O. The van der Waals surface area contributed by atoms with Crippen molar-refractivity contribution >= 4 is 0 Å². The summed E-state index contributed by atoms with van der Waals surface area (Å²) in [7, 11) is 0. The first-order valence-corrected chi connectivity index (χ1v) is 8.09. The van der Waals surface area contributed by atoms with Gasteiger partial charge < -0.3 is 9.73 Å². The zero-order valence-corrected chi connectivity index (χ0v) is 13.2. The van der Waals surface area contributed by atoms with E-state index in [1.54, 1.807) is 23.1 Å². The molecule has 4 rings (SSSR count). The van der Waals surface area contributed by atoms with Gasteiger partial charge in [-0.05, 0) is 50.2 Å². The van der Waals surface area contributed by atoms with Crippen molar-refractivity contribution in [3.05, 3.63) is 53.9 Å².